The third kappa shape index (κ3) is 3.09. The smallest absolute Gasteiger partial charge is 0.327 e. The molecule has 0 bridgehead atoms. The molecule has 1 fully saturated rings. The Labute approximate surface area is 181 Å². The van der Waals surface area contributed by atoms with E-state index in [1.807, 2.05) is 30.3 Å². The van der Waals surface area contributed by atoms with Crippen LogP contribution in [0.1, 0.15) is 30.6 Å². The van der Waals surface area contributed by atoms with Crippen molar-refractivity contribution in [2.45, 2.75) is 25.0 Å². The summed E-state index contributed by atoms with van der Waals surface area (Å²) in [6.07, 6.45) is 4.41. The number of ether oxygens (including phenoxy) is 1. The zero-order valence-corrected chi connectivity index (χ0v) is 17.0. The van der Waals surface area contributed by atoms with Gasteiger partial charge in [0.1, 0.15) is 17.7 Å². The monoisotopic (exact) mass is 430 g/mol. The maximum absolute atomic E-state index is 13.8. The van der Waals surface area contributed by atoms with Gasteiger partial charge in [0.2, 0.25) is 5.95 Å². The number of benzene rings is 2. The van der Waals surface area contributed by atoms with Crippen LogP contribution in [0.2, 0.25) is 0 Å². The highest BCUT2D eigenvalue weighted by atomic mass is 19.1. The highest BCUT2D eigenvalue weighted by Gasteiger charge is 2.28. The molecule has 1 aliphatic rings. The molecule has 32 heavy (non-hydrogen) atoms. The second-order valence-electron chi connectivity index (χ2n) is 7.90. The molecule has 9 heteroatoms. The van der Waals surface area contributed by atoms with Crippen molar-refractivity contribution < 1.29 is 9.13 Å². The van der Waals surface area contributed by atoms with Gasteiger partial charge in [-0.2, -0.15) is 4.98 Å². The minimum Gasteiger partial charge on any atom is -0.373 e. The summed E-state index contributed by atoms with van der Waals surface area (Å²) in [6.45, 7) is 0.548. The number of halogens is 1. The van der Waals surface area contributed by atoms with Gasteiger partial charge in [-0.25, -0.2) is 19.2 Å². The summed E-state index contributed by atoms with van der Waals surface area (Å²) < 4.78 is 23.1. The van der Waals surface area contributed by atoms with Crippen molar-refractivity contribution in [3.05, 3.63) is 82.9 Å². The highest BCUT2D eigenvalue weighted by Crippen LogP contribution is 2.34. The van der Waals surface area contributed by atoms with Gasteiger partial charge in [0.05, 0.1) is 23.3 Å². The number of nitrogens with zero attached hydrogens (tertiary/aromatic N) is 5. The normalized spacial score (nSPS) is 19.0. The van der Waals surface area contributed by atoms with E-state index >= 15 is 0 Å². The van der Waals surface area contributed by atoms with Crippen LogP contribution < -0.4 is 5.69 Å². The molecular formula is C23H19FN6O2. The Hall–Kier alpha value is -3.85. The minimum atomic E-state index is -0.368. The predicted octanol–water partition coefficient (Wildman–Crippen LogP) is 3.69. The second-order valence-corrected chi connectivity index (χ2v) is 7.90. The van der Waals surface area contributed by atoms with Crippen LogP contribution in [0.5, 0.6) is 0 Å². The molecule has 1 aliphatic heterocycles. The Morgan fingerprint density at radius 2 is 2.00 bits per heavy atom. The molecule has 5 aromatic rings. The van der Waals surface area contributed by atoms with Crippen LogP contribution in [-0.2, 0) is 4.74 Å². The topological polar surface area (TPSA) is 90.6 Å². The van der Waals surface area contributed by atoms with E-state index in [4.69, 9.17) is 4.74 Å². The Balaban J connectivity index is 1.43. The average Bonchev–Trinajstić information content (AvgIpc) is 3.39. The number of hydrogen-bond donors (Lipinski definition) is 1. The van der Waals surface area contributed by atoms with Crippen LogP contribution in [-0.4, -0.2) is 35.7 Å². The predicted molar refractivity (Wildman–Crippen MR) is 116 cm³/mol. The molecule has 0 saturated carbocycles. The van der Waals surface area contributed by atoms with E-state index in [9.17, 15) is 9.18 Å². The lowest BCUT2D eigenvalue weighted by Crippen LogP contribution is -2.29. The first kappa shape index (κ1) is 18.9. The number of H-pyrrole nitrogens is 1. The largest absolute Gasteiger partial charge is 0.373 e. The Kier molecular flexibility index (Phi) is 4.36. The summed E-state index contributed by atoms with van der Waals surface area (Å²) in [5.74, 6) is -0.0435. The van der Waals surface area contributed by atoms with Crippen LogP contribution in [0.25, 0.3) is 28.1 Å². The summed E-state index contributed by atoms with van der Waals surface area (Å²) in [6, 6.07) is 14.3. The standard InChI is InChI=1S/C23H19FN6O2/c24-15-6-7-17-19(10-15)29(13-26-17)22-25-12-18-21(28-22)30(23(31)27-18)16-8-9-32-20(11-16)14-4-2-1-3-5-14/h1-7,10,12-13,16,20H,8-9,11H2,(H,27,31). The molecule has 6 rings (SSSR count). The number of rotatable bonds is 3. The van der Waals surface area contributed by atoms with Crippen LogP contribution >= 0.6 is 0 Å². The van der Waals surface area contributed by atoms with Gasteiger partial charge < -0.3 is 9.72 Å². The zero-order chi connectivity index (χ0) is 21.7. The quantitative estimate of drug-likeness (QED) is 0.471. The number of fused-ring (bicyclic) bond motifs is 2. The van der Waals surface area contributed by atoms with E-state index in [1.54, 1.807) is 27.7 Å². The third-order valence-corrected chi connectivity index (χ3v) is 5.96. The van der Waals surface area contributed by atoms with E-state index in [0.717, 1.165) is 5.56 Å². The van der Waals surface area contributed by atoms with E-state index in [-0.39, 0.29) is 23.7 Å². The van der Waals surface area contributed by atoms with Gasteiger partial charge in [-0.1, -0.05) is 30.3 Å². The van der Waals surface area contributed by atoms with Crippen molar-refractivity contribution in [3.63, 3.8) is 0 Å². The molecule has 2 atom stereocenters. The number of aromatic amines is 1. The summed E-state index contributed by atoms with van der Waals surface area (Å²) in [4.78, 5) is 29.1. The fourth-order valence-electron chi connectivity index (χ4n) is 4.42. The zero-order valence-electron chi connectivity index (χ0n) is 17.0. The Bertz CT molecular complexity index is 1490. The molecule has 160 valence electrons. The molecule has 0 aliphatic carbocycles. The van der Waals surface area contributed by atoms with Gasteiger partial charge in [0, 0.05) is 18.7 Å². The van der Waals surface area contributed by atoms with Gasteiger partial charge in [-0.3, -0.25) is 9.13 Å². The number of aromatic nitrogens is 6. The van der Waals surface area contributed by atoms with Crippen molar-refractivity contribution in [2.24, 2.45) is 0 Å². The lowest BCUT2D eigenvalue weighted by molar-refractivity contribution is -0.00691. The summed E-state index contributed by atoms with van der Waals surface area (Å²) >= 11 is 0. The van der Waals surface area contributed by atoms with Crippen molar-refractivity contribution in [2.75, 3.05) is 6.61 Å². The van der Waals surface area contributed by atoms with Crippen LogP contribution in [0.15, 0.2) is 65.8 Å². The molecule has 2 unspecified atom stereocenters. The average molecular weight is 430 g/mol. The lowest BCUT2D eigenvalue weighted by Gasteiger charge is -2.30. The van der Waals surface area contributed by atoms with Crippen molar-refractivity contribution in [1.82, 2.24) is 29.1 Å². The first-order valence-corrected chi connectivity index (χ1v) is 10.4. The fraction of sp³-hybridized carbons (Fsp3) is 0.217. The minimum absolute atomic E-state index is 0.0741. The van der Waals surface area contributed by atoms with Crippen LogP contribution in [0.4, 0.5) is 4.39 Å². The molecule has 1 N–H and O–H groups in total. The van der Waals surface area contributed by atoms with Crippen LogP contribution in [0, 0.1) is 5.82 Å². The molecule has 0 amide bonds. The summed E-state index contributed by atoms with van der Waals surface area (Å²) in [5.41, 5.74) is 3.12. The maximum atomic E-state index is 13.8. The maximum Gasteiger partial charge on any atom is 0.327 e. The van der Waals surface area contributed by atoms with Gasteiger partial charge in [0.15, 0.2) is 5.65 Å². The number of hydrogen-bond acceptors (Lipinski definition) is 5. The molecule has 0 radical (unpaired) electrons. The second kappa shape index (κ2) is 7.38. The summed E-state index contributed by atoms with van der Waals surface area (Å²) in [7, 11) is 0. The highest BCUT2D eigenvalue weighted by molar-refractivity contribution is 5.77. The molecule has 8 nitrogen and oxygen atoms in total. The fourth-order valence-corrected chi connectivity index (χ4v) is 4.42. The van der Waals surface area contributed by atoms with Crippen LogP contribution in [0.3, 0.4) is 0 Å². The molecule has 4 heterocycles. The molecule has 2 aromatic carbocycles. The van der Waals surface area contributed by atoms with E-state index < -0.39 is 0 Å². The Morgan fingerprint density at radius 3 is 2.88 bits per heavy atom. The molecule has 3 aromatic heterocycles. The molecule has 0 spiro atoms. The molecular weight excluding hydrogens is 411 g/mol. The van der Waals surface area contributed by atoms with Gasteiger partial charge in [-0.15, -0.1) is 0 Å². The van der Waals surface area contributed by atoms with Crippen molar-refractivity contribution in [1.29, 1.82) is 0 Å². The van der Waals surface area contributed by atoms with Crippen molar-refractivity contribution >= 4 is 22.2 Å². The van der Waals surface area contributed by atoms with Crippen molar-refractivity contribution in [3.8, 4) is 5.95 Å². The van der Waals surface area contributed by atoms with Gasteiger partial charge >= 0.3 is 5.69 Å². The van der Waals surface area contributed by atoms with Gasteiger partial charge in [0.25, 0.3) is 0 Å². The number of nitrogens with one attached hydrogen (secondary N) is 1. The lowest BCUT2D eigenvalue weighted by atomic mass is 9.97. The number of imidazole rings is 2. The first-order valence-electron chi connectivity index (χ1n) is 10.4. The van der Waals surface area contributed by atoms with E-state index in [1.165, 1.54) is 12.1 Å². The first-order chi connectivity index (χ1) is 15.7. The molecule has 1 saturated heterocycles. The van der Waals surface area contributed by atoms with Gasteiger partial charge in [-0.05, 0) is 30.5 Å². The van der Waals surface area contributed by atoms with E-state index in [0.29, 0.717) is 47.6 Å². The Morgan fingerprint density at radius 1 is 1.12 bits per heavy atom. The third-order valence-electron chi connectivity index (χ3n) is 5.96. The van der Waals surface area contributed by atoms with E-state index in [2.05, 4.69) is 19.9 Å². The SMILES string of the molecule is O=c1[nH]c2cnc(-n3cnc4ccc(F)cc43)nc2n1C1CCOC(c2ccccc2)C1. The summed E-state index contributed by atoms with van der Waals surface area (Å²) in [5, 5.41) is 0.